The number of hydrogen-bond donors (Lipinski definition) is 1. The molecule has 0 aliphatic carbocycles. The molecule has 1 heterocycles. The van der Waals surface area contributed by atoms with Gasteiger partial charge in [-0.1, -0.05) is 17.8 Å². The van der Waals surface area contributed by atoms with E-state index in [1.54, 1.807) is 19.1 Å². The van der Waals surface area contributed by atoms with Crippen LogP contribution < -0.4 is 5.32 Å². The summed E-state index contributed by atoms with van der Waals surface area (Å²) in [6.45, 7) is 4.35. The van der Waals surface area contributed by atoms with E-state index in [2.05, 4.69) is 9.71 Å². The van der Waals surface area contributed by atoms with Crippen LogP contribution in [-0.2, 0) is 19.6 Å². The molecule has 1 N–H and O–H groups in total. The molecule has 0 saturated heterocycles. The highest BCUT2D eigenvalue weighted by molar-refractivity contribution is 8.16. The van der Waals surface area contributed by atoms with Gasteiger partial charge in [-0.05, 0) is 38.5 Å². The van der Waals surface area contributed by atoms with Gasteiger partial charge in [-0.25, -0.2) is 0 Å². The van der Waals surface area contributed by atoms with Gasteiger partial charge in [-0.15, -0.1) is 4.40 Å². The molecule has 0 amide bonds. The van der Waals surface area contributed by atoms with Crippen LogP contribution in [0.15, 0.2) is 27.5 Å². The molecule has 0 radical (unpaired) electrons. The maximum absolute atomic E-state index is 12.1. The van der Waals surface area contributed by atoms with Crippen molar-refractivity contribution in [2.24, 2.45) is 4.40 Å². The highest BCUT2D eigenvalue weighted by Gasteiger charge is 2.29. The molecular weight excluding hydrogens is 312 g/mol. The van der Waals surface area contributed by atoms with E-state index in [0.29, 0.717) is 5.69 Å². The molecule has 21 heavy (non-hydrogen) atoms. The Kier molecular flexibility index (Phi) is 4.20. The maximum Gasteiger partial charge on any atom is 0.286 e. The van der Waals surface area contributed by atoms with Gasteiger partial charge in [0.25, 0.3) is 10.0 Å². The number of carbonyl (C=O) groups is 2. The van der Waals surface area contributed by atoms with Crippen LogP contribution in [-0.4, -0.2) is 30.4 Å². The lowest BCUT2D eigenvalue weighted by atomic mass is 10.2. The fraction of sp³-hybridized carbons (Fsp3) is 0.308. The quantitative estimate of drug-likeness (QED) is 0.851. The number of carbonyl (C=O) groups excluding carboxylic acids is 2. The first-order chi connectivity index (χ1) is 9.70. The largest absolute Gasteiger partial charge is 0.333 e. The number of nitrogens with one attached hydrogen (secondary N) is 1. The molecule has 2 rings (SSSR count). The van der Waals surface area contributed by atoms with Gasteiger partial charge in [-0.2, -0.15) is 8.42 Å². The first-order valence-corrected chi connectivity index (χ1v) is 8.43. The SMILES string of the molecule is CC(=O)C(SC1=NS(=O)(=O)c2cc(C)ccc2N1)C(C)=O. The molecule has 8 heteroatoms. The Morgan fingerprint density at radius 2 is 1.86 bits per heavy atom. The fourth-order valence-electron chi connectivity index (χ4n) is 1.86. The van der Waals surface area contributed by atoms with Crippen molar-refractivity contribution < 1.29 is 18.0 Å². The third-order valence-corrected chi connectivity index (χ3v) is 5.58. The van der Waals surface area contributed by atoms with Gasteiger partial charge in [0.1, 0.15) is 10.1 Å². The number of anilines is 1. The fourth-order valence-corrected chi connectivity index (χ4v) is 4.14. The number of Topliss-reactive ketones (excluding diaryl/α,β-unsaturated/α-hetero) is 2. The smallest absolute Gasteiger partial charge is 0.286 e. The number of benzene rings is 1. The number of sulfonamides is 1. The van der Waals surface area contributed by atoms with Crippen molar-refractivity contribution in [3.05, 3.63) is 23.8 Å². The second-order valence-corrected chi connectivity index (χ2v) is 7.38. The number of fused-ring (bicyclic) bond motifs is 1. The lowest BCUT2D eigenvalue weighted by molar-refractivity contribution is -0.123. The Labute approximate surface area is 127 Å². The molecule has 0 spiro atoms. The highest BCUT2D eigenvalue weighted by Crippen LogP contribution is 2.31. The van der Waals surface area contributed by atoms with Crippen molar-refractivity contribution in [2.75, 3.05) is 5.32 Å². The summed E-state index contributed by atoms with van der Waals surface area (Å²) in [5, 5.41) is 1.92. The van der Waals surface area contributed by atoms with Crippen molar-refractivity contribution >= 4 is 44.2 Å². The van der Waals surface area contributed by atoms with Gasteiger partial charge < -0.3 is 5.32 Å². The first-order valence-electron chi connectivity index (χ1n) is 6.11. The second kappa shape index (κ2) is 5.61. The van der Waals surface area contributed by atoms with Gasteiger partial charge in [0.2, 0.25) is 0 Å². The summed E-state index contributed by atoms with van der Waals surface area (Å²) < 4.78 is 27.9. The predicted octanol–water partition coefficient (Wildman–Crippen LogP) is 1.75. The number of thioether (sulfide) groups is 1. The number of hydrogen-bond acceptors (Lipinski definition) is 6. The first kappa shape index (κ1) is 15.7. The van der Waals surface area contributed by atoms with Crippen LogP contribution in [0.2, 0.25) is 0 Å². The van der Waals surface area contributed by atoms with Gasteiger partial charge in [0.15, 0.2) is 16.7 Å². The Balaban J connectivity index is 2.38. The zero-order valence-electron chi connectivity index (χ0n) is 11.7. The summed E-state index contributed by atoms with van der Waals surface area (Å²) in [5.74, 6) is -0.687. The molecule has 0 unspecified atom stereocenters. The number of aryl methyl sites for hydroxylation is 1. The van der Waals surface area contributed by atoms with E-state index in [0.717, 1.165) is 17.3 Å². The topological polar surface area (TPSA) is 92.7 Å². The van der Waals surface area contributed by atoms with Crippen molar-refractivity contribution in [3.63, 3.8) is 0 Å². The van der Waals surface area contributed by atoms with E-state index in [-0.39, 0.29) is 21.6 Å². The van der Waals surface area contributed by atoms with Crippen LogP contribution in [0.1, 0.15) is 19.4 Å². The average Bonchev–Trinajstić information content (AvgIpc) is 2.35. The lowest BCUT2D eigenvalue weighted by Crippen LogP contribution is -2.28. The van der Waals surface area contributed by atoms with Gasteiger partial charge in [-0.3, -0.25) is 9.59 Å². The van der Waals surface area contributed by atoms with E-state index in [9.17, 15) is 18.0 Å². The van der Waals surface area contributed by atoms with Crippen molar-refractivity contribution in [1.29, 1.82) is 0 Å². The van der Waals surface area contributed by atoms with E-state index in [4.69, 9.17) is 0 Å². The van der Waals surface area contributed by atoms with Crippen LogP contribution in [0.5, 0.6) is 0 Å². The molecule has 1 aromatic rings. The molecule has 1 aliphatic heterocycles. The summed E-state index contributed by atoms with van der Waals surface area (Å²) in [7, 11) is -3.83. The standard InChI is InChI=1S/C13H14N2O4S2/c1-7-4-5-10-11(6-7)21(18,19)15-13(14-10)20-12(8(2)16)9(3)17/h4-6,12H,1-3H3,(H,14,15). The summed E-state index contributed by atoms with van der Waals surface area (Å²) in [6.07, 6.45) is 0. The van der Waals surface area contributed by atoms with Gasteiger partial charge in [0, 0.05) is 0 Å². The zero-order valence-corrected chi connectivity index (χ0v) is 13.3. The number of amidine groups is 1. The van der Waals surface area contributed by atoms with Crippen LogP contribution >= 0.6 is 11.8 Å². The lowest BCUT2D eigenvalue weighted by Gasteiger charge is -2.19. The van der Waals surface area contributed by atoms with Gasteiger partial charge in [0.05, 0.1) is 5.69 Å². The maximum atomic E-state index is 12.1. The second-order valence-electron chi connectivity index (χ2n) is 4.72. The van der Waals surface area contributed by atoms with Crippen molar-refractivity contribution in [3.8, 4) is 0 Å². The zero-order chi connectivity index (χ0) is 15.8. The summed E-state index contributed by atoms with van der Waals surface area (Å²) in [4.78, 5) is 23.0. The van der Waals surface area contributed by atoms with Crippen molar-refractivity contribution in [1.82, 2.24) is 0 Å². The predicted molar refractivity (Wildman–Crippen MR) is 82.2 cm³/mol. The Bertz CT molecular complexity index is 739. The molecule has 0 atom stereocenters. The Morgan fingerprint density at radius 3 is 2.43 bits per heavy atom. The molecule has 0 bridgehead atoms. The highest BCUT2D eigenvalue weighted by atomic mass is 32.2. The Hall–Kier alpha value is -1.67. The van der Waals surface area contributed by atoms with E-state index < -0.39 is 15.3 Å². The van der Waals surface area contributed by atoms with Crippen molar-refractivity contribution in [2.45, 2.75) is 30.9 Å². The Morgan fingerprint density at radius 1 is 1.24 bits per heavy atom. The van der Waals surface area contributed by atoms with E-state index >= 15 is 0 Å². The normalized spacial score (nSPS) is 15.9. The van der Waals surface area contributed by atoms with Gasteiger partial charge >= 0.3 is 0 Å². The molecule has 1 aliphatic rings. The monoisotopic (exact) mass is 326 g/mol. The molecular formula is C13H14N2O4S2. The minimum absolute atomic E-state index is 0.0294. The number of nitrogens with zero attached hydrogens (tertiary/aromatic N) is 1. The van der Waals surface area contributed by atoms with E-state index in [1.165, 1.54) is 19.9 Å². The number of rotatable bonds is 3. The average molecular weight is 326 g/mol. The van der Waals surface area contributed by atoms with Crippen LogP contribution in [0, 0.1) is 6.92 Å². The summed E-state index contributed by atoms with van der Waals surface area (Å²) >= 11 is 0.813. The third kappa shape index (κ3) is 3.33. The molecule has 0 saturated carbocycles. The minimum atomic E-state index is -3.83. The third-order valence-electron chi connectivity index (χ3n) is 2.83. The molecule has 112 valence electrons. The summed E-state index contributed by atoms with van der Waals surface area (Å²) in [5.41, 5.74) is 1.19. The van der Waals surface area contributed by atoms with Crippen LogP contribution in [0.4, 0.5) is 5.69 Å². The molecule has 1 aromatic carbocycles. The van der Waals surface area contributed by atoms with Crippen LogP contribution in [0.3, 0.4) is 0 Å². The number of ketones is 2. The minimum Gasteiger partial charge on any atom is -0.333 e. The summed E-state index contributed by atoms with van der Waals surface area (Å²) in [6, 6.07) is 4.92. The van der Waals surface area contributed by atoms with E-state index in [1.807, 2.05) is 0 Å². The van der Waals surface area contributed by atoms with Crippen LogP contribution in [0.25, 0.3) is 0 Å². The molecule has 6 nitrogen and oxygen atoms in total. The molecule has 0 aromatic heterocycles. The molecule has 0 fully saturated rings.